The Balaban J connectivity index is 2.16. The lowest BCUT2D eigenvalue weighted by Crippen LogP contribution is -2.11. The Kier molecular flexibility index (Phi) is 1.61. The molecule has 0 spiro atoms. The Labute approximate surface area is 98.8 Å². The summed E-state index contributed by atoms with van der Waals surface area (Å²) in [5.41, 5.74) is 2.34. The predicted molar refractivity (Wildman–Crippen MR) is 62.5 cm³/mol. The molecule has 4 rings (SSSR count). The van der Waals surface area contributed by atoms with Gasteiger partial charge in [-0.15, -0.1) is 21.6 Å². The van der Waals surface area contributed by atoms with Crippen molar-refractivity contribution < 1.29 is 0 Å². The molecular formula is C10H4N6S. The van der Waals surface area contributed by atoms with Gasteiger partial charge in [-0.2, -0.15) is 0 Å². The molecule has 0 radical (unpaired) electrons. The van der Waals surface area contributed by atoms with Crippen LogP contribution in [0.5, 0.6) is 0 Å². The lowest BCUT2D eigenvalue weighted by molar-refractivity contribution is 1.08. The number of aliphatic imine (C=N–C) groups is 1. The normalized spacial score (nSPS) is 14.4. The summed E-state index contributed by atoms with van der Waals surface area (Å²) >= 11 is 1.55. The number of benzene rings is 1. The van der Waals surface area contributed by atoms with Crippen LogP contribution >= 0.6 is 11.3 Å². The summed E-state index contributed by atoms with van der Waals surface area (Å²) in [6.07, 6.45) is 3.28. The predicted octanol–water partition coefficient (Wildman–Crippen LogP) is 1.73. The fourth-order valence-electron chi connectivity index (χ4n) is 1.84. The van der Waals surface area contributed by atoms with Crippen molar-refractivity contribution in [3.8, 4) is 10.6 Å². The molecule has 2 aliphatic rings. The van der Waals surface area contributed by atoms with Gasteiger partial charge in [0, 0.05) is 17.1 Å². The lowest BCUT2D eigenvalue weighted by atomic mass is 10.1. The van der Waals surface area contributed by atoms with Crippen LogP contribution in [0.25, 0.3) is 10.6 Å². The number of nitrogens with zero attached hydrogens (tertiary/aromatic N) is 6. The van der Waals surface area contributed by atoms with Gasteiger partial charge in [-0.3, -0.25) is 0 Å². The van der Waals surface area contributed by atoms with Gasteiger partial charge >= 0.3 is 0 Å². The van der Waals surface area contributed by atoms with Gasteiger partial charge in [0.1, 0.15) is 28.1 Å². The molecule has 3 heterocycles. The van der Waals surface area contributed by atoms with Crippen molar-refractivity contribution in [1.82, 2.24) is 4.98 Å². The highest BCUT2D eigenvalue weighted by molar-refractivity contribution is 7.13. The summed E-state index contributed by atoms with van der Waals surface area (Å²) in [4.78, 5) is 12.6. The van der Waals surface area contributed by atoms with Gasteiger partial charge in [-0.1, -0.05) is 0 Å². The van der Waals surface area contributed by atoms with Crippen molar-refractivity contribution in [2.24, 2.45) is 25.4 Å². The van der Waals surface area contributed by atoms with Gasteiger partial charge in [0.05, 0.1) is 5.36 Å². The molecule has 0 N–H and O–H groups in total. The molecule has 6 nitrogen and oxygen atoms in total. The molecule has 7 heteroatoms. The van der Waals surface area contributed by atoms with Crippen molar-refractivity contribution in [1.29, 1.82) is 0 Å². The minimum atomic E-state index is 0.685. The highest BCUT2D eigenvalue weighted by Crippen LogP contribution is 2.28. The first-order valence-corrected chi connectivity index (χ1v) is 5.77. The molecule has 0 unspecified atom stereocenters. The van der Waals surface area contributed by atoms with Gasteiger partial charge in [-0.25, -0.2) is 15.0 Å². The molecule has 0 bridgehead atoms. The Morgan fingerprint density at radius 2 is 2.18 bits per heavy atom. The first kappa shape index (κ1) is 8.82. The molecule has 0 aliphatic carbocycles. The first-order chi connectivity index (χ1) is 8.43. The van der Waals surface area contributed by atoms with Crippen molar-refractivity contribution in [3.63, 3.8) is 0 Å². The zero-order chi connectivity index (χ0) is 11.2. The van der Waals surface area contributed by atoms with Crippen molar-refractivity contribution in [2.45, 2.75) is 0 Å². The van der Waals surface area contributed by atoms with Gasteiger partial charge < -0.3 is 0 Å². The maximum Gasteiger partial charge on any atom is 0.144 e. The molecule has 0 amide bonds. The summed E-state index contributed by atoms with van der Waals surface area (Å²) in [5.74, 6) is 0. The molecule has 80 valence electrons. The first-order valence-electron chi connectivity index (χ1n) is 4.89. The van der Waals surface area contributed by atoms with E-state index in [4.69, 9.17) is 0 Å². The van der Waals surface area contributed by atoms with Gasteiger partial charge in [0.15, 0.2) is 0 Å². The third kappa shape index (κ3) is 1.14. The average Bonchev–Trinajstić information content (AvgIpc) is 3.09. The van der Waals surface area contributed by atoms with E-state index in [-0.39, 0.29) is 0 Å². The van der Waals surface area contributed by atoms with Crippen molar-refractivity contribution in [3.05, 3.63) is 28.4 Å². The number of hydrogen-bond acceptors (Lipinski definition) is 7. The van der Waals surface area contributed by atoms with Crippen LogP contribution in [-0.2, 0) is 0 Å². The van der Waals surface area contributed by atoms with Crippen LogP contribution < -0.4 is 10.7 Å². The molecule has 0 saturated carbocycles. The maximum absolute atomic E-state index is 4.28. The average molecular weight is 240 g/mol. The van der Waals surface area contributed by atoms with E-state index in [0.29, 0.717) is 5.69 Å². The van der Waals surface area contributed by atoms with Gasteiger partial charge in [-0.05, 0) is 11.3 Å². The SMILES string of the molecule is C1=Nc2c3c(c(-c4nccs4)cc2=N1)=NN=N3. The molecule has 0 saturated heterocycles. The minimum Gasteiger partial charge on any atom is -0.244 e. The molecule has 2 aliphatic heterocycles. The summed E-state index contributed by atoms with van der Waals surface area (Å²) < 4.78 is 0. The van der Waals surface area contributed by atoms with Gasteiger partial charge in [0.25, 0.3) is 0 Å². The van der Waals surface area contributed by atoms with Gasteiger partial charge in [0.2, 0.25) is 0 Å². The Morgan fingerprint density at radius 1 is 1.18 bits per heavy atom. The summed E-state index contributed by atoms with van der Waals surface area (Å²) in [7, 11) is 0. The number of rotatable bonds is 1. The third-order valence-corrected chi connectivity index (χ3v) is 3.37. The summed E-state index contributed by atoms with van der Waals surface area (Å²) in [6.45, 7) is 0. The van der Waals surface area contributed by atoms with Crippen LogP contribution in [0, 0.1) is 0 Å². The monoisotopic (exact) mass is 240 g/mol. The number of hydrogen-bond donors (Lipinski definition) is 0. The fourth-order valence-corrected chi connectivity index (χ4v) is 2.49. The number of aromatic nitrogens is 1. The van der Waals surface area contributed by atoms with E-state index < -0.39 is 0 Å². The Hall–Kier alpha value is -2.28. The quantitative estimate of drug-likeness (QED) is 0.748. The van der Waals surface area contributed by atoms with Crippen LogP contribution in [0.2, 0.25) is 0 Å². The lowest BCUT2D eigenvalue weighted by Gasteiger charge is -1.98. The standard InChI is InChI=1S/C10H4N6S/c1-2-17-10(11-1)5-3-6-8(13-4-12-6)9-7(5)14-16-15-9/h1-4H. The molecule has 0 fully saturated rings. The molecular weight excluding hydrogens is 236 g/mol. The summed E-state index contributed by atoms with van der Waals surface area (Å²) in [5, 5.41) is 16.1. The van der Waals surface area contributed by atoms with E-state index in [1.54, 1.807) is 17.5 Å². The van der Waals surface area contributed by atoms with Crippen LogP contribution in [0.1, 0.15) is 0 Å². The van der Waals surface area contributed by atoms with E-state index in [1.165, 1.54) is 6.34 Å². The van der Waals surface area contributed by atoms with E-state index in [0.717, 1.165) is 27.0 Å². The Bertz CT molecular complexity index is 787. The second-order valence-corrected chi connectivity index (χ2v) is 4.38. The maximum atomic E-state index is 4.28. The third-order valence-electron chi connectivity index (χ3n) is 2.56. The zero-order valence-electron chi connectivity index (χ0n) is 8.40. The number of thiazole rings is 1. The zero-order valence-corrected chi connectivity index (χ0v) is 9.22. The van der Waals surface area contributed by atoms with Crippen LogP contribution in [0.15, 0.2) is 43.1 Å². The van der Waals surface area contributed by atoms with E-state index in [9.17, 15) is 0 Å². The minimum absolute atomic E-state index is 0.685. The highest BCUT2D eigenvalue weighted by atomic mass is 32.1. The summed E-state index contributed by atoms with van der Waals surface area (Å²) in [6, 6.07) is 1.93. The van der Waals surface area contributed by atoms with E-state index in [2.05, 4.69) is 30.4 Å². The molecule has 0 atom stereocenters. The highest BCUT2D eigenvalue weighted by Gasteiger charge is 2.18. The number of fused-ring (bicyclic) bond motifs is 3. The van der Waals surface area contributed by atoms with Crippen LogP contribution in [-0.4, -0.2) is 11.3 Å². The van der Waals surface area contributed by atoms with Crippen molar-refractivity contribution in [2.75, 3.05) is 0 Å². The fraction of sp³-hybridized carbons (Fsp3) is 0. The largest absolute Gasteiger partial charge is 0.244 e. The second kappa shape index (κ2) is 3.11. The molecule has 1 aromatic heterocycles. The molecule has 2 aromatic rings. The smallest absolute Gasteiger partial charge is 0.144 e. The van der Waals surface area contributed by atoms with Crippen molar-refractivity contribution >= 4 is 29.1 Å². The van der Waals surface area contributed by atoms with E-state index in [1.807, 2.05) is 11.4 Å². The second-order valence-electron chi connectivity index (χ2n) is 3.49. The van der Waals surface area contributed by atoms with E-state index >= 15 is 0 Å². The topological polar surface area (TPSA) is 74.7 Å². The molecule has 17 heavy (non-hydrogen) atoms. The Morgan fingerprint density at radius 3 is 3.06 bits per heavy atom. The van der Waals surface area contributed by atoms with Crippen LogP contribution in [0.4, 0.5) is 11.4 Å². The molecule has 1 aromatic carbocycles. The van der Waals surface area contributed by atoms with Crippen LogP contribution in [0.3, 0.4) is 0 Å².